The second-order valence-corrected chi connectivity index (χ2v) is 6.84. The highest BCUT2D eigenvalue weighted by atomic mass is 16.2. The highest BCUT2D eigenvalue weighted by Crippen LogP contribution is 2.42. The van der Waals surface area contributed by atoms with E-state index in [0.29, 0.717) is 25.3 Å². The average Bonchev–Trinajstić information content (AvgIpc) is 3.31. The van der Waals surface area contributed by atoms with Crippen LogP contribution in [0, 0.1) is 5.41 Å². The lowest BCUT2D eigenvalue weighted by molar-refractivity contribution is -0.124. The molecule has 7 heteroatoms. The number of aromatic nitrogens is 3. The fourth-order valence-corrected chi connectivity index (χ4v) is 3.88. The molecule has 0 N–H and O–H groups in total. The van der Waals surface area contributed by atoms with E-state index in [2.05, 4.69) is 5.10 Å². The lowest BCUT2D eigenvalue weighted by atomic mass is 9.85. The van der Waals surface area contributed by atoms with E-state index >= 15 is 0 Å². The van der Waals surface area contributed by atoms with Crippen LogP contribution >= 0.6 is 0 Å². The summed E-state index contributed by atoms with van der Waals surface area (Å²) in [4.78, 5) is 29.3. The predicted molar refractivity (Wildman–Crippen MR) is 88.5 cm³/mol. The van der Waals surface area contributed by atoms with E-state index < -0.39 is 5.41 Å². The number of rotatable bonds is 2. The number of likely N-dealkylation sites (tertiary alicyclic amines) is 1. The van der Waals surface area contributed by atoms with Gasteiger partial charge in [0.25, 0.3) is 5.91 Å². The third kappa shape index (κ3) is 2.15. The number of carbonyl (C=O) groups excluding carboxylic acids is 2. The molecule has 2 fully saturated rings. The highest BCUT2D eigenvalue weighted by Gasteiger charge is 2.52. The first-order chi connectivity index (χ1) is 11.5. The zero-order valence-corrected chi connectivity index (χ0v) is 14.0. The van der Waals surface area contributed by atoms with Gasteiger partial charge < -0.3 is 14.4 Å². The molecule has 2 aliphatic heterocycles. The second-order valence-electron chi connectivity index (χ2n) is 6.84. The van der Waals surface area contributed by atoms with E-state index in [1.807, 2.05) is 53.0 Å². The first-order valence-corrected chi connectivity index (χ1v) is 8.21. The Kier molecular flexibility index (Phi) is 3.26. The van der Waals surface area contributed by atoms with E-state index in [4.69, 9.17) is 0 Å². The summed E-state index contributed by atoms with van der Waals surface area (Å²) in [6, 6.07) is 3.69. The second kappa shape index (κ2) is 5.22. The highest BCUT2D eigenvalue weighted by molar-refractivity contribution is 6.01. The molecule has 2 aliphatic rings. The Morgan fingerprint density at radius 3 is 2.71 bits per heavy atom. The van der Waals surface area contributed by atoms with E-state index in [1.165, 1.54) is 0 Å². The zero-order chi connectivity index (χ0) is 16.9. The van der Waals surface area contributed by atoms with Gasteiger partial charge in [-0.15, -0.1) is 0 Å². The van der Waals surface area contributed by atoms with Crippen LogP contribution in [0.1, 0.15) is 23.3 Å². The molecule has 0 aromatic carbocycles. The smallest absolute Gasteiger partial charge is 0.270 e. The maximum atomic E-state index is 13.0. The van der Waals surface area contributed by atoms with Crippen LogP contribution in [0.4, 0.5) is 5.69 Å². The summed E-state index contributed by atoms with van der Waals surface area (Å²) in [5, 5.41) is 4.15. The van der Waals surface area contributed by atoms with Gasteiger partial charge in [-0.1, -0.05) is 0 Å². The molecule has 2 aromatic rings. The van der Waals surface area contributed by atoms with Crippen molar-refractivity contribution in [3.8, 4) is 0 Å². The van der Waals surface area contributed by atoms with Crippen molar-refractivity contribution < 1.29 is 9.59 Å². The Labute approximate surface area is 140 Å². The summed E-state index contributed by atoms with van der Waals surface area (Å²) in [5.41, 5.74) is 1.07. The molecule has 2 saturated heterocycles. The lowest BCUT2D eigenvalue weighted by Crippen LogP contribution is -2.38. The molecule has 4 rings (SSSR count). The zero-order valence-electron chi connectivity index (χ0n) is 14.0. The number of nitrogens with zero attached hydrogens (tertiary/aromatic N) is 5. The van der Waals surface area contributed by atoms with Crippen LogP contribution in [-0.2, 0) is 18.9 Å². The molecule has 24 heavy (non-hydrogen) atoms. The van der Waals surface area contributed by atoms with Gasteiger partial charge in [0, 0.05) is 46.1 Å². The van der Waals surface area contributed by atoms with E-state index in [9.17, 15) is 9.59 Å². The third-order valence-electron chi connectivity index (χ3n) is 5.32. The average molecular weight is 327 g/mol. The predicted octanol–water partition coefficient (Wildman–Crippen LogP) is 1.03. The molecule has 7 nitrogen and oxygen atoms in total. The van der Waals surface area contributed by atoms with Gasteiger partial charge in [-0.05, 0) is 25.0 Å². The molecule has 0 unspecified atom stereocenters. The van der Waals surface area contributed by atoms with Gasteiger partial charge in [-0.3, -0.25) is 14.3 Å². The molecule has 1 spiro atoms. The maximum absolute atomic E-state index is 13.0. The first-order valence-electron chi connectivity index (χ1n) is 8.21. The molecule has 0 aliphatic carbocycles. The first kappa shape index (κ1) is 15.0. The van der Waals surface area contributed by atoms with Crippen LogP contribution in [0.3, 0.4) is 0 Å². The quantitative estimate of drug-likeness (QED) is 0.827. The van der Waals surface area contributed by atoms with Crippen molar-refractivity contribution in [1.29, 1.82) is 0 Å². The minimum atomic E-state index is -0.434. The Hall–Kier alpha value is -2.57. The number of aryl methyl sites for hydroxylation is 2. The van der Waals surface area contributed by atoms with Gasteiger partial charge in [-0.2, -0.15) is 5.10 Å². The Morgan fingerprint density at radius 2 is 2.04 bits per heavy atom. The van der Waals surface area contributed by atoms with Crippen molar-refractivity contribution in [3.63, 3.8) is 0 Å². The Bertz CT molecular complexity index is 808. The van der Waals surface area contributed by atoms with E-state index in [-0.39, 0.29) is 11.8 Å². The molecule has 1 atom stereocenters. The van der Waals surface area contributed by atoms with Crippen LogP contribution in [0.25, 0.3) is 0 Å². The van der Waals surface area contributed by atoms with E-state index in [1.54, 1.807) is 10.9 Å². The summed E-state index contributed by atoms with van der Waals surface area (Å²) in [6.45, 7) is 1.83. The van der Waals surface area contributed by atoms with Crippen LogP contribution in [0.2, 0.25) is 0 Å². The maximum Gasteiger partial charge on any atom is 0.270 e. The Morgan fingerprint density at radius 1 is 1.25 bits per heavy atom. The monoisotopic (exact) mass is 327 g/mol. The molecule has 0 saturated carbocycles. The number of amides is 2. The molecule has 2 amide bonds. The summed E-state index contributed by atoms with van der Waals surface area (Å²) in [5.74, 6) is 0.129. The van der Waals surface area contributed by atoms with Gasteiger partial charge >= 0.3 is 0 Å². The molecular weight excluding hydrogens is 306 g/mol. The van der Waals surface area contributed by atoms with Crippen LogP contribution in [0.15, 0.2) is 30.7 Å². The molecule has 0 bridgehead atoms. The van der Waals surface area contributed by atoms with Gasteiger partial charge in [0.1, 0.15) is 5.69 Å². The normalized spacial score (nSPS) is 23.7. The standard InChI is InChI=1S/C17H21N5O2/c1-19-7-3-4-14(19)15(23)21-8-5-17(12-21)6-9-22(16(17)24)13-10-18-20(2)11-13/h3-4,7,10-11H,5-6,8-9,12H2,1-2H3/t17-/m1/s1. The van der Waals surface area contributed by atoms with Crippen LogP contribution in [-0.4, -0.2) is 50.7 Å². The van der Waals surface area contributed by atoms with Crippen molar-refractivity contribution in [1.82, 2.24) is 19.2 Å². The van der Waals surface area contributed by atoms with Crippen LogP contribution in [0.5, 0.6) is 0 Å². The SMILES string of the molecule is Cn1cc(N2CC[C@@]3(CCN(C(=O)c4cccn4C)C3)C2=O)cn1. The fourth-order valence-electron chi connectivity index (χ4n) is 3.88. The van der Waals surface area contributed by atoms with Crippen LogP contribution < -0.4 is 4.90 Å². The molecule has 0 radical (unpaired) electrons. The summed E-state index contributed by atoms with van der Waals surface area (Å²) < 4.78 is 3.53. The number of hydrogen-bond acceptors (Lipinski definition) is 3. The minimum absolute atomic E-state index is 0.00648. The van der Waals surface area contributed by atoms with Gasteiger partial charge in [0.2, 0.25) is 5.91 Å². The van der Waals surface area contributed by atoms with E-state index in [0.717, 1.165) is 18.5 Å². The molecular formula is C17H21N5O2. The summed E-state index contributed by atoms with van der Waals surface area (Å²) >= 11 is 0. The molecule has 4 heterocycles. The summed E-state index contributed by atoms with van der Waals surface area (Å²) in [7, 11) is 3.71. The molecule has 2 aromatic heterocycles. The molecule has 126 valence electrons. The van der Waals surface area contributed by atoms with Gasteiger partial charge in [-0.25, -0.2) is 0 Å². The fraction of sp³-hybridized carbons (Fsp3) is 0.471. The van der Waals surface area contributed by atoms with Gasteiger partial charge in [0.05, 0.1) is 17.3 Å². The van der Waals surface area contributed by atoms with Crippen molar-refractivity contribution in [3.05, 3.63) is 36.4 Å². The summed E-state index contributed by atoms with van der Waals surface area (Å²) in [6.07, 6.45) is 6.97. The third-order valence-corrected chi connectivity index (χ3v) is 5.32. The van der Waals surface area contributed by atoms with Crippen molar-refractivity contribution in [2.75, 3.05) is 24.5 Å². The Balaban J connectivity index is 1.53. The largest absolute Gasteiger partial charge is 0.347 e. The minimum Gasteiger partial charge on any atom is -0.347 e. The van der Waals surface area contributed by atoms with Crippen molar-refractivity contribution in [2.45, 2.75) is 12.8 Å². The topological polar surface area (TPSA) is 63.4 Å². The lowest BCUT2D eigenvalue weighted by Gasteiger charge is -2.23. The number of anilines is 1. The van der Waals surface area contributed by atoms with Crippen molar-refractivity contribution >= 4 is 17.5 Å². The van der Waals surface area contributed by atoms with Crippen molar-refractivity contribution in [2.24, 2.45) is 19.5 Å². The number of carbonyl (C=O) groups is 2. The van der Waals surface area contributed by atoms with Gasteiger partial charge in [0.15, 0.2) is 0 Å². The number of hydrogen-bond donors (Lipinski definition) is 0.